The summed E-state index contributed by atoms with van der Waals surface area (Å²) in [5.41, 5.74) is 3.37. The van der Waals surface area contributed by atoms with Crippen LogP contribution in [0.15, 0.2) is 10.2 Å². The van der Waals surface area contributed by atoms with Crippen molar-refractivity contribution in [1.82, 2.24) is 10.7 Å². The normalized spacial score (nSPS) is 18.9. The lowest BCUT2D eigenvalue weighted by Gasteiger charge is -2.27. The third-order valence-corrected chi connectivity index (χ3v) is 2.92. The van der Waals surface area contributed by atoms with Gasteiger partial charge in [-0.25, -0.2) is 0 Å². The van der Waals surface area contributed by atoms with Gasteiger partial charge in [0.2, 0.25) is 0 Å². The van der Waals surface area contributed by atoms with Crippen LogP contribution >= 0.6 is 15.9 Å². The average Bonchev–Trinajstić information content (AvgIpc) is 2.07. The first-order chi connectivity index (χ1) is 6.27. The van der Waals surface area contributed by atoms with Gasteiger partial charge in [0.25, 0.3) is 0 Å². The molecule has 0 amide bonds. The van der Waals surface area contributed by atoms with Gasteiger partial charge >= 0.3 is 0 Å². The summed E-state index contributed by atoms with van der Waals surface area (Å²) < 4.78 is 0.880. The Hall–Kier alpha value is -0.390. The molecule has 5 N–H and O–H groups in total. The maximum atomic E-state index is 7.16. The Morgan fingerprint density at radius 3 is 2.69 bits per heavy atom. The summed E-state index contributed by atoms with van der Waals surface area (Å²) in [6.45, 7) is 0.504. The molecular weight excluding hydrogens is 232 g/mol. The van der Waals surface area contributed by atoms with Crippen LogP contribution in [0.2, 0.25) is 0 Å². The van der Waals surface area contributed by atoms with Crippen LogP contribution in [0.3, 0.4) is 0 Å². The number of hydrogen-bond donors (Lipinski definition) is 4. The molecule has 0 aromatic heterocycles. The number of nitrogens with one attached hydrogen (secondary N) is 3. The molecule has 0 aliphatic heterocycles. The minimum Gasteiger partial charge on any atom is -0.376 e. The van der Waals surface area contributed by atoms with Gasteiger partial charge in [-0.05, 0) is 35.2 Å². The van der Waals surface area contributed by atoms with E-state index in [2.05, 4.69) is 26.7 Å². The van der Waals surface area contributed by atoms with Gasteiger partial charge in [-0.3, -0.25) is 11.3 Å². The standard InChI is InChI=1S/C8H15BrN4/c9-8(6(4-10)5-12-11)13-7-2-1-3-7/h4,7,10,12-13H,1-3,5,11H2/b8-6+,10-4?. The SMILES string of the molecule is N=C/C(CNN)=C(/Br)NC1CCC1. The minimum atomic E-state index is 0.504. The van der Waals surface area contributed by atoms with E-state index < -0.39 is 0 Å². The molecule has 0 radical (unpaired) electrons. The first-order valence-corrected chi connectivity index (χ1v) is 5.16. The van der Waals surface area contributed by atoms with E-state index in [-0.39, 0.29) is 0 Å². The molecule has 1 fully saturated rings. The van der Waals surface area contributed by atoms with Crippen molar-refractivity contribution in [2.24, 2.45) is 5.84 Å². The van der Waals surface area contributed by atoms with Crippen molar-refractivity contribution in [2.45, 2.75) is 25.3 Å². The van der Waals surface area contributed by atoms with Gasteiger partial charge in [0.15, 0.2) is 0 Å². The third kappa shape index (κ3) is 3.10. The number of rotatable bonds is 5. The highest BCUT2D eigenvalue weighted by molar-refractivity contribution is 9.11. The van der Waals surface area contributed by atoms with Crippen LogP contribution in [-0.4, -0.2) is 18.8 Å². The smallest absolute Gasteiger partial charge is 0.0843 e. The van der Waals surface area contributed by atoms with Crippen molar-refractivity contribution in [3.8, 4) is 0 Å². The van der Waals surface area contributed by atoms with Gasteiger partial charge in [-0.15, -0.1) is 0 Å². The first kappa shape index (κ1) is 10.7. The highest BCUT2D eigenvalue weighted by atomic mass is 79.9. The number of hydrazine groups is 1. The van der Waals surface area contributed by atoms with E-state index in [1.165, 1.54) is 25.5 Å². The molecule has 0 saturated heterocycles. The second-order valence-corrected chi connectivity index (χ2v) is 3.93. The molecule has 0 spiro atoms. The Bertz CT molecular complexity index is 210. The second-order valence-electron chi connectivity index (χ2n) is 3.14. The molecule has 0 atom stereocenters. The largest absolute Gasteiger partial charge is 0.376 e. The molecule has 5 heteroatoms. The zero-order chi connectivity index (χ0) is 9.68. The summed E-state index contributed by atoms with van der Waals surface area (Å²) in [5, 5.41) is 10.5. The predicted octanol–water partition coefficient (Wildman–Crippen LogP) is 0.848. The number of nitrogens with two attached hydrogens (primary N) is 1. The van der Waals surface area contributed by atoms with Crippen molar-refractivity contribution >= 4 is 22.1 Å². The molecule has 0 heterocycles. The highest BCUT2D eigenvalue weighted by Gasteiger charge is 2.17. The van der Waals surface area contributed by atoms with Crippen molar-refractivity contribution in [1.29, 1.82) is 5.41 Å². The molecule has 74 valence electrons. The van der Waals surface area contributed by atoms with Crippen LogP contribution < -0.4 is 16.6 Å². The number of halogens is 1. The fourth-order valence-electron chi connectivity index (χ4n) is 1.13. The van der Waals surface area contributed by atoms with Gasteiger partial charge in [-0.1, -0.05) is 0 Å². The van der Waals surface area contributed by atoms with E-state index >= 15 is 0 Å². The zero-order valence-corrected chi connectivity index (χ0v) is 9.02. The lowest BCUT2D eigenvalue weighted by molar-refractivity contribution is 0.370. The van der Waals surface area contributed by atoms with Crippen LogP contribution in [0.1, 0.15) is 19.3 Å². The van der Waals surface area contributed by atoms with Crippen LogP contribution in [0.5, 0.6) is 0 Å². The molecule has 4 nitrogen and oxygen atoms in total. The molecule has 0 unspecified atom stereocenters. The summed E-state index contributed by atoms with van der Waals surface area (Å²) in [6, 6.07) is 0.571. The summed E-state index contributed by atoms with van der Waals surface area (Å²) in [6.07, 6.45) is 5.04. The van der Waals surface area contributed by atoms with Crippen molar-refractivity contribution in [3.05, 3.63) is 10.2 Å². The predicted molar refractivity (Wildman–Crippen MR) is 57.7 cm³/mol. The van der Waals surface area contributed by atoms with E-state index in [1.54, 1.807) is 0 Å². The van der Waals surface area contributed by atoms with Gasteiger partial charge in [0.1, 0.15) is 0 Å². The maximum absolute atomic E-state index is 7.16. The van der Waals surface area contributed by atoms with Gasteiger partial charge in [-0.2, -0.15) is 0 Å². The van der Waals surface area contributed by atoms with Gasteiger partial charge < -0.3 is 10.7 Å². The minimum absolute atomic E-state index is 0.504. The molecule has 1 aliphatic carbocycles. The van der Waals surface area contributed by atoms with Crippen LogP contribution in [0, 0.1) is 5.41 Å². The van der Waals surface area contributed by atoms with E-state index in [1.807, 2.05) is 0 Å². The van der Waals surface area contributed by atoms with Crippen LogP contribution in [0.25, 0.3) is 0 Å². The Morgan fingerprint density at radius 2 is 2.31 bits per heavy atom. The van der Waals surface area contributed by atoms with Crippen molar-refractivity contribution in [2.75, 3.05) is 6.54 Å². The average molecular weight is 247 g/mol. The number of hydrogen-bond acceptors (Lipinski definition) is 4. The molecule has 13 heavy (non-hydrogen) atoms. The fourth-order valence-corrected chi connectivity index (χ4v) is 1.70. The van der Waals surface area contributed by atoms with Gasteiger partial charge in [0.05, 0.1) is 4.61 Å². The van der Waals surface area contributed by atoms with Gasteiger partial charge in [0, 0.05) is 24.4 Å². The van der Waals surface area contributed by atoms with Crippen LogP contribution in [0.4, 0.5) is 0 Å². The summed E-state index contributed by atoms with van der Waals surface area (Å²) >= 11 is 3.40. The maximum Gasteiger partial charge on any atom is 0.0843 e. The van der Waals surface area contributed by atoms with E-state index in [9.17, 15) is 0 Å². The Labute approximate surface area is 86.6 Å². The summed E-state index contributed by atoms with van der Waals surface area (Å²) in [7, 11) is 0. The van der Waals surface area contributed by atoms with E-state index in [0.717, 1.165) is 10.2 Å². The molecule has 0 aromatic carbocycles. The van der Waals surface area contributed by atoms with E-state index in [0.29, 0.717) is 12.6 Å². The third-order valence-electron chi connectivity index (χ3n) is 2.18. The Balaban J connectivity index is 2.46. The van der Waals surface area contributed by atoms with Crippen molar-refractivity contribution in [3.63, 3.8) is 0 Å². The zero-order valence-electron chi connectivity index (χ0n) is 7.44. The highest BCUT2D eigenvalue weighted by Crippen LogP contribution is 2.21. The molecule has 0 aromatic rings. The Morgan fingerprint density at radius 1 is 1.62 bits per heavy atom. The molecule has 1 aliphatic rings. The lowest BCUT2D eigenvalue weighted by atomic mass is 9.93. The monoisotopic (exact) mass is 246 g/mol. The Kier molecular flexibility index (Phi) is 4.41. The lowest BCUT2D eigenvalue weighted by Crippen LogP contribution is -2.35. The fraction of sp³-hybridized carbons (Fsp3) is 0.625. The summed E-state index contributed by atoms with van der Waals surface area (Å²) in [4.78, 5) is 0. The molecule has 0 bridgehead atoms. The second kappa shape index (κ2) is 5.36. The molecule has 1 saturated carbocycles. The topological polar surface area (TPSA) is 73.9 Å². The van der Waals surface area contributed by atoms with Crippen molar-refractivity contribution < 1.29 is 0 Å². The molecular formula is C8H15BrN4. The first-order valence-electron chi connectivity index (χ1n) is 4.37. The summed E-state index contributed by atoms with van der Waals surface area (Å²) in [5.74, 6) is 5.18. The van der Waals surface area contributed by atoms with Crippen LogP contribution in [-0.2, 0) is 0 Å². The molecule has 1 rings (SSSR count). The van der Waals surface area contributed by atoms with E-state index in [4.69, 9.17) is 11.3 Å². The quantitative estimate of drug-likeness (QED) is 0.252.